The van der Waals surface area contributed by atoms with Crippen molar-refractivity contribution in [1.29, 1.82) is 0 Å². The number of hydrogen-bond donors (Lipinski definition) is 2. The van der Waals surface area contributed by atoms with Crippen LogP contribution in [0.25, 0.3) is 0 Å². The minimum atomic E-state index is -4.74. The Labute approximate surface area is 185 Å². The summed E-state index contributed by atoms with van der Waals surface area (Å²) in [6.45, 7) is -1.06. The molecule has 1 fully saturated rings. The Balaban J connectivity index is 1.71. The predicted molar refractivity (Wildman–Crippen MR) is 105 cm³/mol. The molecule has 1 amide bonds. The lowest BCUT2D eigenvalue weighted by Gasteiger charge is -2.42. The summed E-state index contributed by atoms with van der Waals surface area (Å²) < 4.78 is 77.2. The van der Waals surface area contributed by atoms with Crippen LogP contribution < -0.4 is 10.9 Å². The molecule has 0 aromatic carbocycles. The lowest BCUT2D eigenvalue weighted by atomic mass is 9.71. The van der Waals surface area contributed by atoms with Gasteiger partial charge in [0.25, 0.3) is 17.9 Å². The number of aliphatic hydroxyl groups is 1. The first-order chi connectivity index (χ1) is 14.8. The molecule has 1 saturated carbocycles. The van der Waals surface area contributed by atoms with Gasteiger partial charge in [0.05, 0.1) is 22.7 Å². The van der Waals surface area contributed by atoms with Gasteiger partial charge in [-0.05, 0) is 18.9 Å². The number of rotatable bonds is 4. The molecule has 0 spiro atoms. The minimum absolute atomic E-state index is 0.00623. The van der Waals surface area contributed by atoms with Crippen molar-refractivity contribution in [3.8, 4) is 11.8 Å². The van der Waals surface area contributed by atoms with E-state index in [0.717, 1.165) is 17.5 Å². The van der Waals surface area contributed by atoms with Crippen LogP contribution in [0, 0.1) is 23.6 Å². The van der Waals surface area contributed by atoms with Crippen molar-refractivity contribution in [1.82, 2.24) is 4.57 Å². The largest absolute Gasteiger partial charge is 0.417 e. The highest BCUT2D eigenvalue weighted by Gasteiger charge is 2.60. The third-order valence-electron chi connectivity index (χ3n) is 4.65. The SMILES string of the molecule is O=C(Nc1cc(F)c(=O)n(CC(F)F)c1)c1cc(C#CC2CC(O)(C(F)(F)F)C2)c(Cl)s1. The van der Waals surface area contributed by atoms with Gasteiger partial charge in [-0.2, -0.15) is 13.2 Å². The van der Waals surface area contributed by atoms with Crippen LogP contribution in [0.3, 0.4) is 0 Å². The van der Waals surface area contributed by atoms with Crippen molar-refractivity contribution in [3.63, 3.8) is 0 Å². The summed E-state index contributed by atoms with van der Waals surface area (Å²) in [4.78, 5) is 23.9. The molecule has 0 unspecified atom stereocenters. The number of alkyl halides is 5. The van der Waals surface area contributed by atoms with E-state index in [1.165, 1.54) is 6.07 Å². The zero-order valence-corrected chi connectivity index (χ0v) is 17.3. The number of aromatic nitrogens is 1. The summed E-state index contributed by atoms with van der Waals surface area (Å²) in [6.07, 6.45) is -7.94. The van der Waals surface area contributed by atoms with E-state index >= 15 is 0 Å². The number of thiophene rings is 1. The van der Waals surface area contributed by atoms with Gasteiger partial charge in [0.15, 0.2) is 11.4 Å². The Morgan fingerprint density at radius 3 is 2.62 bits per heavy atom. The van der Waals surface area contributed by atoms with Crippen LogP contribution in [0.4, 0.5) is 32.0 Å². The van der Waals surface area contributed by atoms with Crippen LogP contribution >= 0.6 is 22.9 Å². The van der Waals surface area contributed by atoms with Crippen LogP contribution in [0.2, 0.25) is 4.34 Å². The molecule has 2 aromatic heterocycles. The summed E-state index contributed by atoms with van der Waals surface area (Å²) in [5.41, 5.74) is -4.11. The van der Waals surface area contributed by atoms with E-state index in [4.69, 9.17) is 11.6 Å². The fraction of sp³-hybridized carbons (Fsp3) is 0.368. The number of nitrogens with zero attached hydrogens (tertiary/aromatic N) is 1. The Hall–Kier alpha value is -2.49. The van der Waals surface area contributed by atoms with Crippen molar-refractivity contribution in [2.75, 3.05) is 5.32 Å². The molecule has 1 aliphatic rings. The molecule has 13 heteroatoms. The monoisotopic (exact) mass is 498 g/mol. The predicted octanol–water partition coefficient (Wildman–Crippen LogP) is 4.27. The summed E-state index contributed by atoms with van der Waals surface area (Å²) in [6, 6.07) is 1.94. The van der Waals surface area contributed by atoms with Gasteiger partial charge in [0.2, 0.25) is 0 Å². The van der Waals surface area contributed by atoms with Crippen molar-refractivity contribution in [2.45, 2.75) is 37.6 Å². The molecule has 0 bridgehead atoms. The van der Waals surface area contributed by atoms with Crippen LogP contribution in [0.5, 0.6) is 0 Å². The molecule has 0 atom stereocenters. The highest BCUT2D eigenvalue weighted by Crippen LogP contribution is 2.48. The molecule has 0 aliphatic heterocycles. The standard InChI is InChI=1S/C19H13ClF6N2O3S/c20-15-10(2-1-9-5-18(31,6-9)19(24,25)26)3-13(32-15)16(29)27-11-4-12(21)17(30)28(7-11)8-14(22)23/h3-4,7,9,14,31H,5-6,8H2,(H,27,29). The Morgan fingerprint density at radius 1 is 1.38 bits per heavy atom. The third-order valence-corrected chi connectivity index (χ3v) is 6.01. The van der Waals surface area contributed by atoms with Gasteiger partial charge < -0.3 is 15.0 Å². The average Bonchev–Trinajstić information content (AvgIpc) is 3.01. The van der Waals surface area contributed by atoms with Gasteiger partial charge in [-0.1, -0.05) is 23.4 Å². The summed E-state index contributed by atoms with van der Waals surface area (Å²) in [5, 5.41) is 11.7. The number of pyridine rings is 1. The molecule has 172 valence electrons. The van der Waals surface area contributed by atoms with E-state index in [9.17, 15) is 41.0 Å². The molecule has 5 nitrogen and oxygen atoms in total. The number of hydrogen-bond acceptors (Lipinski definition) is 4. The number of anilines is 1. The lowest BCUT2D eigenvalue weighted by Crippen LogP contribution is -2.54. The van der Waals surface area contributed by atoms with E-state index < -0.39 is 60.8 Å². The Bertz CT molecular complexity index is 1160. The first-order valence-corrected chi connectivity index (χ1v) is 10.1. The molecule has 2 heterocycles. The highest BCUT2D eigenvalue weighted by atomic mass is 35.5. The van der Waals surface area contributed by atoms with Gasteiger partial charge in [-0.3, -0.25) is 9.59 Å². The second-order valence-electron chi connectivity index (χ2n) is 7.08. The molecule has 0 radical (unpaired) electrons. The molecule has 2 aromatic rings. The van der Waals surface area contributed by atoms with Crippen molar-refractivity contribution in [2.24, 2.45) is 5.92 Å². The normalized spacial score (nSPS) is 20.5. The quantitative estimate of drug-likeness (QED) is 0.488. The van der Waals surface area contributed by atoms with Crippen molar-refractivity contribution in [3.05, 3.63) is 49.3 Å². The molecule has 3 rings (SSSR count). The van der Waals surface area contributed by atoms with Gasteiger partial charge in [0, 0.05) is 18.2 Å². The number of halogens is 7. The first-order valence-electron chi connectivity index (χ1n) is 8.88. The van der Waals surface area contributed by atoms with Crippen LogP contribution in [-0.4, -0.2) is 33.8 Å². The van der Waals surface area contributed by atoms with Crippen LogP contribution in [0.1, 0.15) is 28.1 Å². The number of carbonyl (C=O) groups excluding carboxylic acids is 1. The van der Waals surface area contributed by atoms with Gasteiger partial charge >= 0.3 is 6.18 Å². The minimum Gasteiger partial charge on any atom is -0.380 e. The van der Waals surface area contributed by atoms with E-state index in [2.05, 4.69) is 17.2 Å². The van der Waals surface area contributed by atoms with Crippen LogP contribution in [-0.2, 0) is 6.54 Å². The number of nitrogens with one attached hydrogen (secondary N) is 1. The van der Waals surface area contributed by atoms with Gasteiger partial charge in [-0.25, -0.2) is 13.2 Å². The molecule has 1 aliphatic carbocycles. The molecule has 32 heavy (non-hydrogen) atoms. The average molecular weight is 499 g/mol. The molecular formula is C19H13ClF6N2O3S. The van der Waals surface area contributed by atoms with E-state index in [0.29, 0.717) is 10.6 Å². The van der Waals surface area contributed by atoms with E-state index in [-0.39, 0.29) is 20.5 Å². The Morgan fingerprint density at radius 2 is 2.03 bits per heavy atom. The molecular weight excluding hydrogens is 486 g/mol. The summed E-state index contributed by atoms with van der Waals surface area (Å²) in [5.74, 6) is 2.31. The number of carbonyl (C=O) groups is 1. The van der Waals surface area contributed by atoms with Crippen LogP contribution in [0.15, 0.2) is 23.1 Å². The second kappa shape index (κ2) is 8.80. The maximum atomic E-state index is 13.7. The number of amides is 1. The maximum Gasteiger partial charge on any atom is 0.417 e. The summed E-state index contributed by atoms with van der Waals surface area (Å²) in [7, 11) is 0. The van der Waals surface area contributed by atoms with E-state index in [1.54, 1.807) is 0 Å². The Kier molecular flexibility index (Phi) is 6.65. The topological polar surface area (TPSA) is 71.3 Å². The van der Waals surface area contributed by atoms with E-state index in [1.807, 2.05) is 0 Å². The smallest absolute Gasteiger partial charge is 0.380 e. The van der Waals surface area contributed by atoms with Crippen molar-refractivity contribution >= 4 is 34.5 Å². The zero-order valence-electron chi connectivity index (χ0n) is 15.8. The molecule has 0 saturated heterocycles. The van der Waals surface area contributed by atoms with Gasteiger partial charge in [0.1, 0.15) is 4.34 Å². The first kappa shape index (κ1) is 24.2. The molecule has 2 N–H and O–H groups in total. The third kappa shape index (κ3) is 5.11. The fourth-order valence-corrected chi connectivity index (χ4v) is 4.06. The van der Waals surface area contributed by atoms with Gasteiger partial charge in [-0.15, -0.1) is 11.3 Å². The summed E-state index contributed by atoms with van der Waals surface area (Å²) >= 11 is 6.80. The zero-order chi connectivity index (χ0) is 23.8. The fourth-order valence-electron chi connectivity index (χ4n) is 2.98. The highest BCUT2D eigenvalue weighted by molar-refractivity contribution is 7.18. The lowest BCUT2D eigenvalue weighted by molar-refractivity contribution is -0.293. The maximum absolute atomic E-state index is 13.7. The second-order valence-corrected chi connectivity index (χ2v) is 8.74. The van der Waals surface area contributed by atoms with Crippen molar-refractivity contribution < 1.29 is 36.2 Å².